The molecule has 0 atom stereocenters. The highest BCUT2D eigenvalue weighted by Crippen LogP contribution is 2.33. The number of carbonyl (C=O) groups excluding carboxylic acids is 1. The highest BCUT2D eigenvalue weighted by Gasteiger charge is 2.38. The molecule has 0 bridgehead atoms. The number of amides is 2. The Balaban J connectivity index is 2.71. The van der Waals surface area contributed by atoms with Crippen molar-refractivity contribution < 1.29 is 23.1 Å². The van der Waals surface area contributed by atoms with Gasteiger partial charge in [-0.1, -0.05) is 11.3 Å². The number of rotatable bonds is 3. The highest BCUT2D eigenvalue weighted by molar-refractivity contribution is 7.15. The largest absolute Gasteiger partial charge is 0.445 e. The van der Waals surface area contributed by atoms with Crippen molar-refractivity contribution in [1.29, 1.82) is 0 Å². The molecule has 10 heteroatoms. The second-order valence-corrected chi connectivity index (χ2v) is 6.15. The van der Waals surface area contributed by atoms with Crippen molar-refractivity contribution in [3.63, 3.8) is 0 Å². The number of nitrogens with one attached hydrogen (secondary N) is 2. The van der Waals surface area contributed by atoms with E-state index in [2.05, 4.69) is 20.8 Å². The van der Waals surface area contributed by atoms with E-state index in [9.17, 15) is 23.1 Å². The van der Waals surface area contributed by atoms with Crippen LogP contribution < -0.4 is 10.6 Å². The lowest BCUT2D eigenvalue weighted by Crippen LogP contribution is -2.58. The number of aliphatic hydroxyl groups is 1. The summed E-state index contributed by atoms with van der Waals surface area (Å²) in [7, 11) is 0. The Hall–Kier alpha value is -1.42. The first kappa shape index (κ1) is 16.6. The first-order valence-corrected chi connectivity index (χ1v) is 6.37. The van der Waals surface area contributed by atoms with Crippen LogP contribution in [0.2, 0.25) is 0 Å². The minimum Gasteiger partial charge on any atom is -0.388 e. The highest BCUT2D eigenvalue weighted by atomic mass is 32.1. The van der Waals surface area contributed by atoms with Crippen molar-refractivity contribution in [2.24, 2.45) is 0 Å². The molecular formula is C10H15F3N4O2S. The van der Waals surface area contributed by atoms with Crippen LogP contribution in [0.3, 0.4) is 0 Å². The van der Waals surface area contributed by atoms with E-state index < -0.39 is 28.4 Å². The fraction of sp³-hybridized carbons (Fsp3) is 0.700. The summed E-state index contributed by atoms with van der Waals surface area (Å²) in [6, 6.07) is -0.776. The molecule has 1 aromatic rings. The third-order valence-corrected chi connectivity index (χ3v) is 3.73. The molecule has 0 unspecified atom stereocenters. The molecule has 20 heavy (non-hydrogen) atoms. The van der Waals surface area contributed by atoms with Gasteiger partial charge in [0.1, 0.15) is 0 Å². The Kier molecular flexibility index (Phi) is 4.30. The fourth-order valence-electron chi connectivity index (χ4n) is 0.953. The van der Waals surface area contributed by atoms with Crippen LogP contribution in [0.15, 0.2) is 0 Å². The zero-order valence-electron chi connectivity index (χ0n) is 11.3. The smallest absolute Gasteiger partial charge is 0.388 e. The van der Waals surface area contributed by atoms with E-state index in [1.807, 2.05) is 0 Å². The quantitative estimate of drug-likeness (QED) is 0.798. The van der Waals surface area contributed by atoms with Gasteiger partial charge in [-0.2, -0.15) is 13.2 Å². The molecule has 114 valence electrons. The molecule has 1 heterocycles. The molecule has 0 saturated heterocycles. The molecule has 0 saturated carbocycles. The molecule has 0 aromatic carbocycles. The molecule has 0 radical (unpaired) electrons. The van der Waals surface area contributed by atoms with Crippen LogP contribution in [0.1, 0.15) is 32.7 Å². The van der Waals surface area contributed by atoms with Crippen molar-refractivity contribution in [1.82, 2.24) is 15.5 Å². The third kappa shape index (κ3) is 4.04. The number of alkyl halides is 3. The molecule has 1 aromatic heterocycles. The van der Waals surface area contributed by atoms with E-state index in [0.29, 0.717) is 0 Å². The SMILES string of the molecule is CC(C)(O)C(C)(C)NC(=O)Nc1nnc(C(F)(F)F)s1. The van der Waals surface area contributed by atoms with Gasteiger partial charge in [-0.3, -0.25) is 5.32 Å². The van der Waals surface area contributed by atoms with Crippen LogP contribution in [0.5, 0.6) is 0 Å². The van der Waals surface area contributed by atoms with Gasteiger partial charge in [-0.05, 0) is 27.7 Å². The summed E-state index contributed by atoms with van der Waals surface area (Å²) in [6.07, 6.45) is -4.60. The lowest BCUT2D eigenvalue weighted by atomic mass is 9.86. The van der Waals surface area contributed by atoms with Gasteiger partial charge in [-0.25, -0.2) is 4.79 Å². The molecule has 2 amide bonds. The van der Waals surface area contributed by atoms with Gasteiger partial charge in [-0.15, -0.1) is 10.2 Å². The zero-order chi connectivity index (χ0) is 15.8. The lowest BCUT2D eigenvalue weighted by molar-refractivity contribution is -0.138. The van der Waals surface area contributed by atoms with Crippen LogP contribution in [-0.4, -0.2) is 32.5 Å². The molecule has 1 rings (SSSR count). The van der Waals surface area contributed by atoms with Crippen LogP contribution in [-0.2, 0) is 6.18 Å². The molecule has 6 nitrogen and oxygen atoms in total. The number of halogens is 3. The number of aromatic nitrogens is 2. The topological polar surface area (TPSA) is 87.1 Å². The van der Waals surface area contributed by atoms with Crippen molar-refractivity contribution >= 4 is 22.5 Å². The van der Waals surface area contributed by atoms with Crippen molar-refractivity contribution in [2.75, 3.05) is 5.32 Å². The van der Waals surface area contributed by atoms with Crippen molar-refractivity contribution in [3.05, 3.63) is 5.01 Å². The second kappa shape index (κ2) is 5.17. The molecule has 3 N–H and O–H groups in total. The Labute approximate surface area is 117 Å². The van der Waals surface area contributed by atoms with Crippen molar-refractivity contribution in [3.8, 4) is 0 Å². The van der Waals surface area contributed by atoms with E-state index in [-0.39, 0.29) is 16.5 Å². The van der Waals surface area contributed by atoms with Gasteiger partial charge in [0.15, 0.2) is 0 Å². The first-order chi connectivity index (χ1) is 8.83. The summed E-state index contributed by atoms with van der Waals surface area (Å²) in [5.41, 5.74) is -2.21. The summed E-state index contributed by atoms with van der Waals surface area (Å²) in [6.45, 7) is 6.15. The van der Waals surface area contributed by atoms with Crippen LogP contribution in [0, 0.1) is 0 Å². The lowest BCUT2D eigenvalue weighted by Gasteiger charge is -2.37. The van der Waals surface area contributed by atoms with Crippen LogP contribution in [0.25, 0.3) is 0 Å². The Morgan fingerprint density at radius 1 is 1.20 bits per heavy atom. The summed E-state index contributed by atoms with van der Waals surface area (Å²) in [5.74, 6) is 0. The number of anilines is 1. The van der Waals surface area contributed by atoms with E-state index >= 15 is 0 Å². The molecular weight excluding hydrogens is 297 g/mol. The Morgan fingerprint density at radius 3 is 2.15 bits per heavy atom. The fourth-order valence-corrected chi connectivity index (χ4v) is 1.56. The molecule has 0 aliphatic heterocycles. The minimum absolute atomic E-state index is 0.220. The maximum Gasteiger partial charge on any atom is 0.445 e. The van der Waals surface area contributed by atoms with Gasteiger partial charge in [0, 0.05) is 0 Å². The maximum absolute atomic E-state index is 12.3. The first-order valence-electron chi connectivity index (χ1n) is 5.55. The van der Waals surface area contributed by atoms with Crippen LogP contribution >= 0.6 is 11.3 Å². The van der Waals surface area contributed by atoms with Gasteiger partial charge >= 0.3 is 12.2 Å². The second-order valence-electron chi connectivity index (χ2n) is 5.17. The molecule has 0 aliphatic rings. The molecule has 0 spiro atoms. The molecule has 0 fully saturated rings. The standard InChI is InChI=1S/C10H15F3N4O2S/c1-8(2,9(3,4)19)15-6(18)14-7-17-16-5(20-7)10(11,12)13/h19H,1-4H3,(H2,14,15,17,18). The predicted molar refractivity (Wildman–Crippen MR) is 67.4 cm³/mol. The average Bonchev–Trinajstić information content (AvgIpc) is 2.62. The normalized spacial score (nSPS) is 13.2. The van der Waals surface area contributed by atoms with Crippen molar-refractivity contribution in [2.45, 2.75) is 45.0 Å². The number of hydrogen-bond acceptors (Lipinski definition) is 5. The Morgan fingerprint density at radius 2 is 1.75 bits per heavy atom. The number of nitrogens with zero attached hydrogens (tertiary/aromatic N) is 2. The maximum atomic E-state index is 12.3. The van der Waals surface area contributed by atoms with Gasteiger partial charge in [0.25, 0.3) is 0 Å². The average molecular weight is 312 g/mol. The summed E-state index contributed by atoms with van der Waals surface area (Å²) < 4.78 is 36.9. The number of urea groups is 1. The van der Waals surface area contributed by atoms with Gasteiger partial charge in [0.05, 0.1) is 11.1 Å². The molecule has 0 aliphatic carbocycles. The third-order valence-electron chi connectivity index (χ3n) is 2.84. The van der Waals surface area contributed by atoms with E-state index in [1.54, 1.807) is 13.8 Å². The summed E-state index contributed by atoms with van der Waals surface area (Å²) >= 11 is 0.220. The van der Waals surface area contributed by atoms with Gasteiger partial charge < -0.3 is 10.4 Å². The van der Waals surface area contributed by atoms with Gasteiger partial charge in [0.2, 0.25) is 10.1 Å². The zero-order valence-corrected chi connectivity index (χ0v) is 12.1. The predicted octanol–water partition coefficient (Wildman–Crippen LogP) is 2.23. The van der Waals surface area contributed by atoms with E-state index in [4.69, 9.17) is 0 Å². The van der Waals surface area contributed by atoms with E-state index in [0.717, 1.165) is 0 Å². The minimum atomic E-state index is -4.60. The van der Waals surface area contributed by atoms with E-state index in [1.165, 1.54) is 13.8 Å². The Bertz CT molecular complexity index is 493. The summed E-state index contributed by atoms with van der Waals surface area (Å²) in [5, 5.41) is 19.2. The monoisotopic (exact) mass is 312 g/mol. The summed E-state index contributed by atoms with van der Waals surface area (Å²) in [4.78, 5) is 11.7. The van der Waals surface area contributed by atoms with Crippen LogP contribution in [0.4, 0.5) is 23.1 Å². The number of carbonyl (C=O) groups is 1. The number of hydrogen-bond donors (Lipinski definition) is 3.